The maximum atomic E-state index is 13.5. The molecule has 1 aliphatic rings. The molecule has 1 aliphatic heterocycles. The molecule has 2 aromatic rings. The molecule has 0 spiro atoms. The molecule has 2 atom stereocenters. The van der Waals surface area contributed by atoms with Crippen LogP contribution in [-0.4, -0.2) is 51.5 Å². The standard InChI is InChI=1S/C25H34N6O3/c1-25(2,3)21(24(34)30-14-9-10-17(16-30)22(27)32)28-23(33)20-18-11-5-6-12-19(18)31(29-20)15-8-4-7-13-26/h5-6,11-12,17,21H,4,7-10,14-16H2,1-3H3,(H2,27,32)(H,28,33)/t17?,21-/m1/s1. The summed E-state index contributed by atoms with van der Waals surface area (Å²) in [4.78, 5) is 40.2. The van der Waals surface area contributed by atoms with E-state index in [0.29, 0.717) is 37.7 Å². The Morgan fingerprint density at radius 1 is 1.26 bits per heavy atom. The number of benzene rings is 1. The fourth-order valence-electron chi connectivity index (χ4n) is 4.37. The molecule has 0 saturated carbocycles. The van der Waals surface area contributed by atoms with Gasteiger partial charge in [-0.15, -0.1) is 0 Å². The Bertz CT molecular complexity index is 1090. The third-order valence-corrected chi connectivity index (χ3v) is 6.31. The van der Waals surface area contributed by atoms with E-state index in [2.05, 4.69) is 16.5 Å². The molecule has 34 heavy (non-hydrogen) atoms. The Morgan fingerprint density at radius 3 is 2.68 bits per heavy atom. The summed E-state index contributed by atoms with van der Waals surface area (Å²) >= 11 is 0. The summed E-state index contributed by atoms with van der Waals surface area (Å²) in [6.07, 6.45) is 3.39. The van der Waals surface area contributed by atoms with E-state index in [4.69, 9.17) is 11.0 Å². The molecule has 3 amide bonds. The van der Waals surface area contributed by atoms with E-state index in [-0.39, 0.29) is 24.1 Å². The van der Waals surface area contributed by atoms with Gasteiger partial charge in [-0.1, -0.05) is 39.0 Å². The fraction of sp³-hybridized carbons (Fsp3) is 0.560. The first-order valence-corrected chi connectivity index (χ1v) is 11.8. The SMILES string of the molecule is CC(C)(C)[C@H](NC(=O)c1nn(CCCCC#N)c2ccccc12)C(=O)N1CCCC(C(N)=O)C1. The van der Waals surface area contributed by atoms with Gasteiger partial charge in [0.15, 0.2) is 5.69 Å². The zero-order valence-electron chi connectivity index (χ0n) is 20.2. The summed E-state index contributed by atoms with van der Waals surface area (Å²) < 4.78 is 1.79. The van der Waals surface area contributed by atoms with Crippen LogP contribution in [-0.2, 0) is 16.1 Å². The minimum absolute atomic E-state index is 0.216. The predicted octanol–water partition coefficient (Wildman–Crippen LogP) is 2.60. The quantitative estimate of drug-likeness (QED) is 0.577. The molecule has 1 unspecified atom stereocenters. The van der Waals surface area contributed by atoms with Crippen LogP contribution in [0.1, 0.15) is 63.4 Å². The molecular formula is C25H34N6O3. The summed E-state index contributed by atoms with van der Waals surface area (Å²) in [6.45, 7) is 7.10. The fourth-order valence-corrected chi connectivity index (χ4v) is 4.37. The van der Waals surface area contributed by atoms with Crippen molar-refractivity contribution in [3.05, 3.63) is 30.0 Å². The summed E-state index contributed by atoms with van der Waals surface area (Å²) in [5.74, 6) is -1.40. The van der Waals surface area contributed by atoms with E-state index in [1.165, 1.54) is 0 Å². The molecule has 1 aromatic heterocycles. The van der Waals surface area contributed by atoms with Gasteiger partial charge in [-0.25, -0.2) is 0 Å². The number of primary amides is 1. The molecule has 3 N–H and O–H groups in total. The van der Waals surface area contributed by atoms with Gasteiger partial charge in [-0.2, -0.15) is 10.4 Å². The third kappa shape index (κ3) is 5.74. The van der Waals surface area contributed by atoms with Crippen LogP contribution < -0.4 is 11.1 Å². The van der Waals surface area contributed by atoms with Gasteiger partial charge in [0.25, 0.3) is 5.91 Å². The van der Waals surface area contributed by atoms with Gasteiger partial charge >= 0.3 is 0 Å². The Kier molecular flexibility index (Phi) is 7.92. The van der Waals surface area contributed by atoms with Gasteiger partial charge in [-0.3, -0.25) is 19.1 Å². The Balaban J connectivity index is 1.83. The largest absolute Gasteiger partial charge is 0.369 e. The smallest absolute Gasteiger partial charge is 0.273 e. The van der Waals surface area contributed by atoms with Crippen molar-refractivity contribution in [2.75, 3.05) is 13.1 Å². The van der Waals surface area contributed by atoms with Gasteiger partial charge in [0.1, 0.15) is 6.04 Å². The lowest BCUT2D eigenvalue weighted by atomic mass is 9.84. The number of nitrogens with zero attached hydrogens (tertiary/aromatic N) is 4. The molecule has 0 radical (unpaired) electrons. The van der Waals surface area contributed by atoms with Gasteiger partial charge in [-0.05, 0) is 37.2 Å². The second-order valence-electron chi connectivity index (χ2n) is 10.0. The number of carbonyl (C=O) groups excluding carboxylic acids is 3. The van der Waals surface area contributed by atoms with Crippen LogP contribution in [0.4, 0.5) is 0 Å². The maximum absolute atomic E-state index is 13.5. The second kappa shape index (κ2) is 10.7. The van der Waals surface area contributed by atoms with Crippen LogP contribution in [0, 0.1) is 22.7 Å². The number of hydrogen-bond acceptors (Lipinski definition) is 5. The van der Waals surface area contributed by atoms with E-state index in [9.17, 15) is 14.4 Å². The number of carbonyl (C=O) groups is 3. The lowest BCUT2D eigenvalue weighted by molar-refractivity contribution is -0.139. The molecule has 9 nitrogen and oxygen atoms in total. The van der Waals surface area contributed by atoms with Crippen molar-refractivity contribution in [1.82, 2.24) is 20.0 Å². The van der Waals surface area contributed by atoms with Crippen LogP contribution in [0.15, 0.2) is 24.3 Å². The Hall–Kier alpha value is -3.41. The lowest BCUT2D eigenvalue weighted by Gasteiger charge is -2.38. The lowest BCUT2D eigenvalue weighted by Crippen LogP contribution is -2.57. The average Bonchev–Trinajstić information content (AvgIpc) is 3.18. The Morgan fingerprint density at radius 2 is 2.00 bits per heavy atom. The number of amides is 3. The first kappa shape index (κ1) is 25.2. The zero-order valence-corrected chi connectivity index (χ0v) is 20.2. The van der Waals surface area contributed by atoms with Crippen molar-refractivity contribution in [2.45, 2.75) is 65.5 Å². The zero-order chi connectivity index (χ0) is 24.9. The van der Waals surface area contributed by atoms with Gasteiger partial charge in [0, 0.05) is 31.4 Å². The van der Waals surface area contributed by atoms with Crippen LogP contribution in [0.5, 0.6) is 0 Å². The number of hydrogen-bond donors (Lipinski definition) is 2. The van der Waals surface area contributed by atoms with E-state index >= 15 is 0 Å². The number of rotatable bonds is 8. The molecule has 2 heterocycles. The van der Waals surface area contributed by atoms with Gasteiger partial charge in [0.2, 0.25) is 11.8 Å². The van der Waals surface area contributed by atoms with Crippen molar-refractivity contribution < 1.29 is 14.4 Å². The minimum atomic E-state index is -0.786. The highest BCUT2D eigenvalue weighted by molar-refractivity contribution is 6.06. The number of aryl methyl sites for hydroxylation is 1. The van der Waals surface area contributed by atoms with E-state index in [1.54, 1.807) is 9.58 Å². The third-order valence-electron chi connectivity index (χ3n) is 6.31. The van der Waals surface area contributed by atoms with Crippen LogP contribution >= 0.6 is 0 Å². The molecule has 0 bridgehead atoms. The van der Waals surface area contributed by atoms with Crippen molar-refractivity contribution in [3.63, 3.8) is 0 Å². The first-order chi connectivity index (χ1) is 16.1. The van der Waals surface area contributed by atoms with Crippen molar-refractivity contribution in [1.29, 1.82) is 5.26 Å². The summed E-state index contributed by atoms with van der Waals surface area (Å²) in [7, 11) is 0. The normalized spacial score (nSPS) is 17.2. The average molecular weight is 467 g/mol. The highest BCUT2D eigenvalue weighted by Gasteiger charge is 2.38. The van der Waals surface area contributed by atoms with Crippen LogP contribution in [0.2, 0.25) is 0 Å². The topological polar surface area (TPSA) is 134 Å². The molecule has 1 aromatic carbocycles. The first-order valence-electron chi connectivity index (χ1n) is 11.8. The van der Waals surface area contributed by atoms with E-state index < -0.39 is 23.3 Å². The number of piperidine rings is 1. The number of nitriles is 1. The monoisotopic (exact) mass is 466 g/mol. The molecule has 1 saturated heterocycles. The van der Waals surface area contributed by atoms with Crippen molar-refractivity contribution in [2.24, 2.45) is 17.1 Å². The number of fused-ring (bicyclic) bond motifs is 1. The molecule has 3 rings (SSSR count). The molecule has 9 heteroatoms. The van der Waals surface area contributed by atoms with E-state index in [1.807, 2.05) is 45.0 Å². The highest BCUT2D eigenvalue weighted by atomic mass is 16.2. The number of para-hydroxylation sites is 1. The number of nitrogens with two attached hydrogens (primary N) is 1. The van der Waals surface area contributed by atoms with Gasteiger partial charge in [0.05, 0.1) is 17.5 Å². The number of likely N-dealkylation sites (tertiary alicyclic amines) is 1. The van der Waals surface area contributed by atoms with Crippen LogP contribution in [0.3, 0.4) is 0 Å². The number of nitrogens with one attached hydrogen (secondary N) is 1. The van der Waals surface area contributed by atoms with Crippen LogP contribution in [0.25, 0.3) is 10.9 Å². The summed E-state index contributed by atoms with van der Waals surface area (Å²) in [5, 5.41) is 17.0. The molecule has 1 fully saturated rings. The summed E-state index contributed by atoms with van der Waals surface area (Å²) in [5.41, 5.74) is 6.03. The molecular weight excluding hydrogens is 432 g/mol. The molecule has 182 valence electrons. The minimum Gasteiger partial charge on any atom is -0.369 e. The predicted molar refractivity (Wildman–Crippen MR) is 128 cm³/mol. The van der Waals surface area contributed by atoms with Crippen molar-refractivity contribution >= 4 is 28.6 Å². The maximum Gasteiger partial charge on any atom is 0.273 e. The molecule has 0 aliphatic carbocycles. The Labute approximate surface area is 200 Å². The number of unbranched alkanes of at least 4 members (excludes halogenated alkanes) is 2. The van der Waals surface area contributed by atoms with E-state index in [0.717, 1.165) is 18.4 Å². The van der Waals surface area contributed by atoms with Gasteiger partial charge < -0.3 is 16.0 Å². The summed E-state index contributed by atoms with van der Waals surface area (Å²) in [6, 6.07) is 8.86. The van der Waals surface area contributed by atoms with Crippen molar-refractivity contribution in [3.8, 4) is 6.07 Å². The highest BCUT2D eigenvalue weighted by Crippen LogP contribution is 2.26. The number of aromatic nitrogens is 2. The second-order valence-corrected chi connectivity index (χ2v) is 10.0.